The minimum atomic E-state index is -0.207. The molecule has 3 aromatic rings. The topological polar surface area (TPSA) is 58.2 Å². The molecule has 1 unspecified atom stereocenters. The highest BCUT2D eigenvalue weighted by molar-refractivity contribution is 7.17. The van der Waals surface area contributed by atoms with Crippen molar-refractivity contribution in [2.75, 3.05) is 10.6 Å². The molecule has 1 aliphatic carbocycles. The minimum Gasteiger partial charge on any atom is -0.322 e. The van der Waals surface area contributed by atoms with Crippen LogP contribution in [0.5, 0.6) is 0 Å². The molecule has 2 amide bonds. The first kappa shape index (κ1) is 23.5. The monoisotopic (exact) mass is 480 g/mol. The highest BCUT2D eigenvalue weighted by Gasteiger charge is 2.34. The Morgan fingerprint density at radius 2 is 1.64 bits per heavy atom. The fourth-order valence-corrected chi connectivity index (χ4v) is 5.71. The van der Waals surface area contributed by atoms with Crippen LogP contribution in [0.15, 0.2) is 48.5 Å². The van der Waals surface area contributed by atoms with Gasteiger partial charge in [0.05, 0.1) is 5.56 Å². The molecule has 33 heavy (non-hydrogen) atoms. The van der Waals surface area contributed by atoms with Crippen molar-refractivity contribution in [3.63, 3.8) is 0 Å². The van der Waals surface area contributed by atoms with Crippen molar-refractivity contribution in [1.82, 2.24) is 0 Å². The highest BCUT2D eigenvalue weighted by Crippen LogP contribution is 2.44. The molecule has 172 valence electrons. The van der Waals surface area contributed by atoms with Gasteiger partial charge in [0.25, 0.3) is 11.8 Å². The SMILES string of the molecule is Cc1ccc(C(=O)Nc2sc3c(c2C(=O)Nc2ccc(Cl)cc2)CCC(C(C)(C)C)C3)cc1. The molecule has 0 radical (unpaired) electrons. The smallest absolute Gasteiger partial charge is 0.258 e. The van der Waals surface area contributed by atoms with E-state index in [0.29, 0.717) is 32.8 Å². The number of fused-ring (bicyclic) bond motifs is 1. The lowest BCUT2D eigenvalue weighted by molar-refractivity contribution is 0.102. The Morgan fingerprint density at radius 3 is 2.27 bits per heavy atom. The van der Waals surface area contributed by atoms with E-state index in [1.54, 1.807) is 36.4 Å². The van der Waals surface area contributed by atoms with E-state index in [0.717, 1.165) is 30.4 Å². The van der Waals surface area contributed by atoms with Gasteiger partial charge in [0, 0.05) is 21.2 Å². The van der Waals surface area contributed by atoms with Crippen molar-refractivity contribution in [2.45, 2.75) is 47.0 Å². The number of benzene rings is 2. The van der Waals surface area contributed by atoms with Gasteiger partial charge >= 0.3 is 0 Å². The average molecular weight is 481 g/mol. The molecule has 0 saturated carbocycles. The zero-order valence-corrected chi connectivity index (χ0v) is 21.0. The Balaban J connectivity index is 1.67. The summed E-state index contributed by atoms with van der Waals surface area (Å²) >= 11 is 7.52. The van der Waals surface area contributed by atoms with Crippen LogP contribution in [0.25, 0.3) is 0 Å². The molecule has 0 saturated heterocycles. The summed E-state index contributed by atoms with van der Waals surface area (Å²) < 4.78 is 0. The van der Waals surface area contributed by atoms with E-state index in [9.17, 15) is 9.59 Å². The number of nitrogens with one attached hydrogen (secondary N) is 2. The third-order valence-electron chi connectivity index (χ3n) is 6.36. The Kier molecular flexibility index (Phi) is 6.64. The normalized spacial score (nSPS) is 15.6. The van der Waals surface area contributed by atoms with Crippen LogP contribution in [-0.4, -0.2) is 11.8 Å². The van der Waals surface area contributed by atoms with Crippen LogP contribution in [0.3, 0.4) is 0 Å². The van der Waals surface area contributed by atoms with Gasteiger partial charge in [-0.2, -0.15) is 0 Å². The van der Waals surface area contributed by atoms with E-state index < -0.39 is 0 Å². The summed E-state index contributed by atoms with van der Waals surface area (Å²) in [5.74, 6) is 0.126. The predicted octanol–water partition coefficient (Wildman–Crippen LogP) is 7.37. The maximum atomic E-state index is 13.4. The van der Waals surface area contributed by atoms with Gasteiger partial charge in [-0.05, 0) is 79.5 Å². The zero-order chi connectivity index (χ0) is 23.8. The summed E-state index contributed by atoms with van der Waals surface area (Å²) in [5, 5.41) is 7.24. The maximum absolute atomic E-state index is 13.4. The first-order valence-electron chi connectivity index (χ1n) is 11.2. The van der Waals surface area contributed by atoms with Gasteiger partial charge < -0.3 is 10.6 Å². The van der Waals surface area contributed by atoms with E-state index in [1.807, 2.05) is 19.1 Å². The van der Waals surface area contributed by atoms with Gasteiger partial charge in [0.15, 0.2) is 0 Å². The lowest BCUT2D eigenvalue weighted by Gasteiger charge is -2.33. The molecule has 1 aromatic heterocycles. The fourth-order valence-electron chi connectivity index (χ4n) is 4.26. The first-order chi connectivity index (χ1) is 15.6. The highest BCUT2D eigenvalue weighted by atomic mass is 35.5. The van der Waals surface area contributed by atoms with E-state index in [-0.39, 0.29) is 17.2 Å². The summed E-state index contributed by atoms with van der Waals surface area (Å²) in [6.07, 6.45) is 2.78. The molecule has 1 atom stereocenters. The van der Waals surface area contributed by atoms with Gasteiger partial charge in [-0.15, -0.1) is 11.3 Å². The lowest BCUT2D eigenvalue weighted by Crippen LogP contribution is -2.27. The molecule has 2 aromatic carbocycles. The summed E-state index contributed by atoms with van der Waals surface area (Å²) in [4.78, 5) is 27.6. The second-order valence-corrected chi connectivity index (χ2v) is 11.3. The molecule has 2 N–H and O–H groups in total. The van der Waals surface area contributed by atoms with Crippen molar-refractivity contribution in [1.29, 1.82) is 0 Å². The minimum absolute atomic E-state index is 0.193. The van der Waals surface area contributed by atoms with Crippen LogP contribution in [0.4, 0.5) is 10.7 Å². The predicted molar refractivity (Wildman–Crippen MR) is 138 cm³/mol. The summed E-state index contributed by atoms with van der Waals surface area (Å²) in [6.45, 7) is 8.79. The van der Waals surface area contributed by atoms with E-state index >= 15 is 0 Å². The van der Waals surface area contributed by atoms with Crippen LogP contribution < -0.4 is 10.6 Å². The number of anilines is 2. The average Bonchev–Trinajstić information content (AvgIpc) is 3.12. The number of aryl methyl sites for hydroxylation is 1. The molecule has 1 aliphatic rings. The number of hydrogen-bond acceptors (Lipinski definition) is 3. The molecule has 0 bridgehead atoms. The second kappa shape index (κ2) is 9.32. The van der Waals surface area contributed by atoms with Crippen molar-refractivity contribution in [2.24, 2.45) is 11.3 Å². The van der Waals surface area contributed by atoms with E-state index in [4.69, 9.17) is 11.6 Å². The number of amides is 2. The van der Waals surface area contributed by atoms with Crippen LogP contribution >= 0.6 is 22.9 Å². The number of thiophene rings is 1. The van der Waals surface area contributed by atoms with Crippen molar-refractivity contribution >= 4 is 45.4 Å². The molecular formula is C27H29ClN2O2S. The summed E-state index contributed by atoms with van der Waals surface area (Å²) in [6, 6.07) is 14.5. The van der Waals surface area contributed by atoms with Crippen LogP contribution in [0, 0.1) is 18.3 Å². The molecule has 6 heteroatoms. The molecule has 4 rings (SSSR count). The number of halogens is 1. The Hall–Kier alpha value is -2.63. The standard InChI is InChI=1S/C27H29ClN2O2S/c1-16-5-7-17(8-6-16)24(31)30-26-23(25(32)29-20-12-10-19(28)11-13-20)21-14-9-18(27(2,3)4)15-22(21)33-26/h5-8,10-13,18H,9,14-15H2,1-4H3,(H,29,32)(H,30,31). The van der Waals surface area contributed by atoms with E-state index in [1.165, 1.54) is 16.2 Å². The van der Waals surface area contributed by atoms with Gasteiger partial charge in [-0.25, -0.2) is 0 Å². The van der Waals surface area contributed by atoms with Crippen LogP contribution in [-0.2, 0) is 12.8 Å². The molecular weight excluding hydrogens is 452 g/mol. The zero-order valence-electron chi connectivity index (χ0n) is 19.4. The van der Waals surface area contributed by atoms with Crippen molar-refractivity contribution in [3.05, 3.63) is 80.7 Å². The van der Waals surface area contributed by atoms with E-state index in [2.05, 4.69) is 31.4 Å². The molecule has 0 fully saturated rings. The molecule has 0 spiro atoms. The van der Waals surface area contributed by atoms with Gasteiger partial charge in [0.1, 0.15) is 5.00 Å². The Labute approximate surface area is 204 Å². The lowest BCUT2D eigenvalue weighted by atomic mass is 9.72. The van der Waals surface area contributed by atoms with Crippen molar-refractivity contribution in [3.8, 4) is 0 Å². The van der Waals surface area contributed by atoms with Gasteiger partial charge in [-0.3, -0.25) is 9.59 Å². The Bertz CT molecular complexity index is 1170. The Morgan fingerprint density at radius 1 is 0.970 bits per heavy atom. The number of carbonyl (C=O) groups is 2. The van der Waals surface area contributed by atoms with Crippen LogP contribution in [0.2, 0.25) is 5.02 Å². The number of carbonyl (C=O) groups excluding carboxylic acids is 2. The third-order valence-corrected chi connectivity index (χ3v) is 7.78. The van der Waals surface area contributed by atoms with Gasteiger partial charge in [-0.1, -0.05) is 50.1 Å². The number of rotatable bonds is 4. The van der Waals surface area contributed by atoms with Crippen LogP contribution in [0.1, 0.15) is 63.9 Å². The molecule has 1 heterocycles. The third kappa shape index (κ3) is 5.31. The summed E-state index contributed by atoms with van der Waals surface area (Å²) in [7, 11) is 0. The largest absolute Gasteiger partial charge is 0.322 e. The maximum Gasteiger partial charge on any atom is 0.258 e. The van der Waals surface area contributed by atoms with Crippen molar-refractivity contribution < 1.29 is 9.59 Å². The second-order valence-electron chi connectivity index (χ2n) is 9.79. The molecule has 4 nitrogen and oxygen atoms in total. The first-order valence-corrected chi connectivity index (χ1v) is 12.4. The molecule has 0 aliphatic heterocycles. The summed E-state index contributed by atoms with van der Waals surface area (Å²) in [5.41, 5.74) is 4.17. The number of hydrogen-bond donors (Lipinski definition) is 2. The fraction of sp³-hybridized carbons (Fsp3) is 0.333. The van der Waals surface area contributed by atoms with Gasteiger partial charge in [0.2, 0.25) is 0 Å². The quantitative estimate of drug-likeness (QED) is 0.409.